The maximum absolute atomic E-state index is 11.9. The Morgan fingerprint density at radius 3 is 1.90 bits per heavy atom. The van der Waals surface area contributed by atoms with Gasteiger partial charge in [0.25, 0.3) is 0 Å². The van der Waals surface area contributed by atoms with Gasteiger partial charge in [-0.3, -0.25) is 4.79 Å². The van der Waals surface area contributed by atoms with Crippen molar-refractivity contribution in [2.45, 2.75) is 136 Å². The molecule has 0 aromatic carbocycles. The van der Waals surface area contributed by atoms with Gasteiger partial charge in [-0.2, -0.15) is 0 Å². The molecule has 0 saturated carbocycles. The third kappa shape index (κ3) is 23.0. The van der Waals surface area contributed by atoms with Crippen LogP contribution in [0.3, 0.4) is 0 Å². The number of esters is 1. The van der Waals surface area contributed by atoms with E-state index in [0.717, 1.165) is 19.3 Å². The molecule has 0 radical (unpaired) electrons. The quantitative estimate of drug-likeness (QED) is 0.137. The lowest BCUT2D eigenvalue weighted by molar-refractivity contribution is -0.148. The van der Waals surface area contributed by atoms with E-state index in [4.69, 9.17) is 9.47 Å². The molecule has 1 atom stereocenters. The molecule has 1 N–H and O–H groups in total. The van der Waals surface area contributed by atoms with E-state index in [1.165, 1.54) is 64.2 Å². The predicted octanol–water partition coefficient (Wildman–Crippen LogP) is 7.48. The van der Waals surface area contributed by atoms with E-state index in [0.29, 0.717) is 6.42 Å². The molecule has 0 aromatic heterocycles. The van der Waals surface area contributed by atoms with Crippen LogP contribution in [0.4, 0.5) is 4.79 Å². The van der Waals surface area contributed by atoms with Crippen molar-refractivity contribution in [1.29, 1.82) is 0 Å². The van der Waals surface area contributed by atoms with Gasteiger partial charge in [-0.25, -0.2) is 4.79 Å². The zero-order valence-electron chi connectivity index (χ0n) is 21.0. The van der Waals surface area contributed by atoms with Crippen LogP contribution in [0.1, 0.15) is 125 Å². The highest BCUT2D eigenvalue weighted by atomic mass is 16.6. The second kappa shape index (κ2) is 19.2. The fourth-order valence-corrected chi connectivity index (χ4v) is 3.21. The summed E-state index contributed by atoms with van der Waals surface area (Å²) >= 11 is 0. The molecular formula is C26H49NO4. The summed E-state index contributed by atoms with van der Waals surface area (Å²) in [4.78, 5) is 23.5. The van der Waals surface area contributed by atoms with E-state index < -0.39 is 11.7 Å². The topological polar surface area (TPSA) is 64.6 Å². The number of hydrogen-bond donors (Lipinski definition) is 1. The number of carbonyl (C=O) groups excluding carboxylic acids is 2. The van der Waals surface area contributed by atoms with Gasteiger partial charge in [-0.1, -0.05) is 70.4 Å². The lowest BCUT2D eigenvalue weighted by Gasteiger charge is -2.21. The zero-order valence-corrected chi connectivity index (χ0v) is 21.0. The summed E-state index contributed by atoms with van der Waals surface area (Å²) in [6.45, 7) is 9.72. The van der Waals surface area contributed by atoms with Crippen LogP contribution in [0.15, 0.2) is 12.2 Å². The smallest absolute Gasteiger partial charge is 0.407 e. The molecule has 0 aliphatic rings. The molecule has 0 aliphatic heterocycles. The molecule has 0 heterocycles. The van der Waals surface area contributed by atoms with Gasteiger partial charge in [0.15, 0.2) is 0 Å². The molecule has 31 heavy (non-hydrogen) atoms. The molecule has 0 spiro atoms. The molecule has 0 aromatic rings. The molecular weight excluding hydrogens is 390 g/mol. The van der Waals surface area contributed by atoms with E-state index in [9.17, 15) is 9.59 Å². The van der Waals surface area contributed by atoms with Crippen LogP contribution in [-0.2, 0) is 14.3 Å². The Morgan fingerprint density at radius 1 is 0.839 bits per heavy atom. The van der Waals surface area contributed by atoms with Gasteiger partial charge in [0.05, 0.1) is 6.54 Å². The van der Waals surface area contributed by atoms with E-state index in [1.807, 2.05) is 20.8 Å². The van der Waals surface area contributed by atoms with Crippen LogP contribution in [0, 0.1) is 0 Å². The Hall–Kier alpha value is -1.52. The maximum Gasteiger partial charge on any atom is 0.407 e. The Kier molecular flexibility index (Phi) is 18.2. The number of carbonyl (C=O) groups is 2. The first-order valence-corrected chi connectivity index (χ1v) is 12.6. The fourth-order valence-electron chi connectivity index (χ4n) is 3.21. The zero-order chi connectivity index (χ0) is 23.4. The van der Waals surface area contributed by atoms with Crippen LogP contribution in [0.5, 0.6) is 0 Å². The summed E-state index contributed by atoms with van der Waals surface area (Å²) in [6, 6.07) is 0. The van der Waals surface area contributed by atoms with Gasteiger partial charge in [-0.05, 0) is 59.8 Å². The van der Waals surface area contributed by atoms with Crippen molar-refractivity contribution in [3.63, 3.8) is 0 Å². The fraction of sp³-hybridized carbons (Fsp3) is 0.846. The normalized spacial score (nSPS) is 12.7. The second-order valence-electron chi connectivity index (χ2n) is 9.52. The van der Waals surface area contributed by atoms with Gasteiger partial charge >= 0.3 is 12.1 Å². The largest absolute Gasteiger partial charge is 0.461 e. The van der Waals surface area contributed by atoms with Gasteiger partial charge in [0, 0.05) is 6.42 Å². The first-order chi connectivity index (χ1) is 14.7. The average molecular weight is 440 g/mol. The number of unbranched alkanes of at least 4 members (excludes halogenated alkanes) is 11. The van der Waals surface area contributed by atoms with Crippen LogP contribution in [0.2, 0.25) is 0 Å². The summed E-state index contributed by atoms with van der Waals surface area (Å²) in [6.07, 6.45) is 20.3. The Morgan fingerprint density at radius 2 is 1.35 bits per heavy atom. The van der Waals surface area contributed by atoms with Crippen molar-refractivity contribution in [1.82, 2.24) is 5.32 Å². The molecule has 0 bridgehead atoms. The number of alkyl carbamates (subject to hydrolysis) is 1. The molecule has 5 nitrogen and oxygen atoms in total. The highest BCUT2D eigenvalue weighted by Gasteiger charge is 2.17. The second-order valence-corrected chi connectivity index (χ2v) is 9.52. The summed E-state index contributed by atoms with van der Waals surface area (Å²) < 4.78 is 10.5. The van der Waals surface area contributed by atoms with Crippen LogP contribution >= 0.6 is 0 Å². The minimum Gasteiger partial charge on any atom is -0.461 e. The maximum atomic E-state index is 11.9. The summed E-state index contributed by atoms with van der Waals surface area (Å²) in [5, 5.41) is 2.62. The monoisotopic (exact) mass is 439 g/mol. The highest BCUT2D eigenvalue weighted by Crippen LogP contribution is 2.11. The van der Waals surface area contributed by atoms with Crippen molar-refractivity contribution in [3.05, 3.63) is 12.2 Å². The molecule has 0 aliphatic carbocycles. The lowest BCUT2D eigenvalue weighted by Crippen LogP contribution is -2.37. The van der Waals surface area contributed by atoms with Crippen molar-refractivity contribution in [2.75, 3.05) is 6.54 Å². The minimum atomic E-state index is -0.534. The molecule has 0 fully saturated rings. The number of ether oxygens (including phenoxy) is 2. The first-order valence-electron chi connectivity index (χ1n) is 12.6. The van der Waals surface area contributed by atoms with Gasteiger partial charge in [0.2, 0.25) is 0 Å². The van der Waals surface area contributed by atoms with E-state index in [-0.39, 0.29) is 18.6 Å². The number of hydrogen-bond acceptors (Lipinski definition) is 4. The molecule has 1 unspecified atom stereocenters. The van der Waals surface area contributed by atoms with E-state index in [1.54, 1.807) is 6.92 Å². The lowest BCUT2D eigenvalue weighted by atomic mass is 10.1. The van der Waals surface area contributed by atoms with Crippen LogP contribution < -0.4 is 5.32 Å². The summed E-state index contributed by atoms with van der Waals surface area (Å²) in [5.74, 6) is -0.198. The highest BCUT2D eigenvalue weighted by molar-refractivity contribution is 5.70. The van der Waals surface area contributed by atoms with Crippen molar-refractivity contribution < 1.29 is 19.1 Å². The van der Waals surface area contributed by atoms with Crippen molar-refractivity contribution in [2.24, 2.45) is 0 Å². The summed E-state index contributed by atoms with van der Waals surface area (Å²) in [7, 11) is 0. The van der Waals surface area contributed by atoms with Crippen LogP contribution in [0.25, 0.3) is 0 Å². The third-order valence-electron chi connectivity index (χ3n) is 4.91. The first kappa shape index (κ1) is 29.5. The molecule has 0 rings (SSSR count). The number of amides is 1. The molecule has 1 amide bonds. The van der Waals surface area contributed by atoms with Gasteiger partial charge < -0.3 is 14.8 Å². The molecule has 0 saturated heterocycles. The van der Waals surface area contributed by atoms with Crippen LogP contribution in [-0.4, -0.2) is 30.3 Å². The Balaban J connectivity index is 3.49. The van der Waals surface area contributed by atoms with E-state index >= 15 is 0 Å². The third-order valence-corrected chi connectivity index (χ3v) is 4.91. The number of rotatable bonds is 18. The van der Waals surface area contributed by atoms with Gasteiger partial charge in [-0.15, -0.1) is 0 Å². The Labute approximate surface area is 191 Å². The standard InChI is InChI=1S/C26H49NO4/c1-6-7-8-9-10-11-12-13-14-15-16-17-18-19-20-21-24(28)30-23(2)22-27-25(29)31-26(3,4)5/h13-14,23H,6-12,15-22H2,1-5H3,(H,27,29)/b14-13+. The minimum absolute atomic E-state index is 0.198. The summed E-state index contributed by atoms with van der Waals surface area (Å²) in [5.41, 5.74) is -0.534. The SMILES string of the molecule is CCCCCCCC/C=C/CCCCCCCC(=O)OC(C)CNC(=O)OC(C)(C)C. The molecule has 5 heteroatoms. The van der Waals surface area contributed by atoms with E-state index in [2.05, 4.69) is 24.4 Å². The molecule has 182 valence electrons. The number of nitrogens with one attached hydrogen (secondary N) is 1. The number of allylic oxidation sites excluding steroid dienone is 2. The van der Waals surface area contributed by atoms with Crippen molar-refractivity contribution in [3.8, 4) is 0 Å². The average Bonchev–Trinajstić information content (AvgIpc) is 2.68. The van der Waals surface area contributed by atoms with Gasteiger partial charge in [0.1, 0.15) is 11.7 Å². The van der Waals surface area contributed by atoms with Crippen molar-refractivity contribution >= 4 is 12.1 Å². The Bertz CT molecular complexity index is 482. The predicted molar refractivity (Wildman–Crippen MR) is 129 cm³/mol.